The molecule has 38 heavy (non-hydrogen) atoms. The Morgan fingerprint density at radius 2 is 1.16 bits per heavy atom. The second-order valence-corrected chi connectivity index (χ2v) is 10.7. The van der Waals surface area contributed by atoms with E-state index in [1.54, 1.807) is 18.5 Å². The average molecular weight is 507 g/mol. The Bertz CT molecular complexity index is 1850. The summed E-state index contributed by atoms with van der Waals surface area (Å²) >= 11 is 0. The van der Waals surface area contributed by atoms with Crippen LogP contribution in [-0.4, -0.2) is 9.97 Å². The van der Waals surface area contributed by atoms with Crippen molar-refractivity contribution in [3.05, 3.63) is 108 Å². The third kappa shape index (κ3) is 4.28. The summed E-state index contributed by atoms with van der Waals surface area (Å²) in [4.78, 5) is 9.13. The van der Waals surface area contributed by atoms with Crippen LogP contribution in [0.15, 0.2) is 97.3 Å². The first kappa shape index (κ1) is 24.1. The maximum atomic E-state index is 13.2. The fourth-order valence-electron chi connectivity index (χ4n) is 5.16. The van der Waals surface area contributed by atoms with Gasteiger partial charge < -0.3 is 0 Å². The molecule has 0 unspecified atom stereocenters. The highest BCUT2D eigenvalue weighted by molar-refractivity contribution is 6.08. The molecule has 5 heteroatoms. The predicted molar refractivity (Wildman–Crippen MR) is 149 cm³/mol. The molecule has 6 rings (SSSR count). The molecule has 0 radical (unpaired) electrons. The summed E-state index contributed by atoms with van der Waals surface area (Å²) in [5.74, 6) is 0. The molecule has 0 spiro atoms. The van der Waals surface area contributed by atoms with Crippen LogP contribution in [-0.2, 0) is 11.6 Å². The third-order valence-electron chi connectivity index (χ3n) is 7.09. The number of aromatic nitrogens is 2. The van der Waals surface area contributed by atoms with E-state index in [-0.39, 0.29) is 5.41 Å². The van der Waals surface area contributed by atoms with Gasteiger partial charge in [0.2, 0.25) is 0 Å². The van der Waals surface area contributed by atoms with E-state index in [0.717, 1.165) is 44.7 Å². The molecule has 0 bridgehead atoms. The van der Waals surface area contributed by atoms with Crippen LogP contribution in [0.25, 0.3) is 54.8 Å². The minimum atomic E-state index is -4.36. The van der Waals surface area contributed by atoms with Crippen LogP contribution in [0, 0.1) is 0 Å². The van der Waals surface area contributed by atoms with Crippen molar-refractivity contribution in [2.24, 2.45) is 0 Å². The highest BCUT2D eigenvalue weighted by Crippen LogP contribution is 2.37. The number of alkyl halides is 3. The SMILES string of the molecule is CC(C)(C)c1cc(-c2cc(-c3ccc4c(ccc5cc(C(F)(F)F)ccc54)c3)ncn2)cc2ccccc12. The number of fused-ring (bicyclic) bond motifs is 4. The molecule has 2 nitrogen and oxygen atoms in total. The zero-order valence-corrected chi connectivity index (χ0v) is 21.3. The van der Waals surface area contributed by atoms with Gasteiger partial charge in [0, 0.05) is 11.1 Å². The molecule has 5 aromatic carbocycles. The van der Waals surface area contributed by atoms with E-state index < -0.39 is 11.7 Å². The Morgan fingerprint density at radius 1 is 0.553 bits per heavy atom. The highest BCUT2D eigenvalue weighted by Gasteiger charge is 2.30. The van der Waals surface area contributed by atoms with Gasteiger partial charge >= 0.3 is 6.18 Å². The normalized spacial score (nSPS) is 12.5. The van der Waals surface area contributed by atoms with Gasteiger partial charge in [-0.05, 0) is 79.7 Å². The van der Waals surface area contributed by atoms with Crippen LogP contribution in [0.5, 0.6) is 0 Å². The maximum Gasteiger partial charge on any atom is 0.416 e. The van der Waals surface area contributed by atoms with Crippen molar-refractivity contribution in [2.75, 3.05) is 0 Å². The molecule has 0 aliphatic carbocycles. The van der Waals surface area contributed by atoms with E-state index >= 15 is 0 Å². The Kier molecular flexibility index (Phi) is 5.49. The summed E-state index contributed by atoms with van der Waals surface area (Å²) in [6, 6.07) is 28.2. The molecule has 0 aliphatic rings. The number of hydrogen-bond acceptors (Lipinski definition) is 2. The monoisotopic (exact) mass is 506 g/mol. The smallest absolute Gasteiger partial charge is 0.236 e. The number of hydrogen-bond donors (Lipinski definition) is 0. The summed E-state index contributed by atoms with van der Waals surface area (Å²) in [5.41, 5.74) is 4.16. The van der Waals surface area contributed by atoms with E-state index in [1.165, 1.54) is 22.4 Å². The summed E-state index contributed by atoms with van der Waals surface area (Å²) in [6.45, 7) is 6.64. The van der Waals surface area contributed by atoms with Gasteiger partial charge in [0.1, 0.15) is 6.33 Å². The van der Waals surface area contributed by atoms with Crippen LogP contribution in [0.2, 0.25) is 0 Å². The summed E-state index contributed by atoms with van der Waals surface area (Å²) in [5, 5.41) is 5.60. The predicted octanol–water partition coefficient (Wildman–Crippen LogP) is 9.59. The standard InChI is InChI=1S/C33H25F3N2/c1-32(2,3)29-17-24(15-20-6-4-5-7-28(20)29)31-18-30(37-19-38-31)23-10-12-26-21(14-23)8-9-22-16-25(33(34,35)36)11-13-27(22)26/h4-19H,1-3H3. The van der Waals surface area contributed by atoms with E-state index in [0.29, 0.717) is 5.39 Å². The van der Waals surface area contributed by atoms with E-state index in [1.807, 2.05) is 36.4 Å². The Morgan fingerprint density at radius 3 is 1.87 bits per heavy atom. The van der Waals surface area contributed by atoms with E-state index in [4.69, 9.17) is 0 Å². The van der Waals surface area contributed by atoms with Crippen molar-refractivity contribution in [3.8, 4) is 22.5 Å². The number of benzene rings is 5. The molecule has 0 atom stereocenters. The zero-order valence-electron chi connectivity index (χ0n) is 21.3. The van der Waals surface area contributed by atoms with Crippen molar-refractivity contribution < 1.29 is 13.2 Å². The van der Waals surface area contributed by atoms with Gasteiger partial charge in [-0.1, -0.05) is 75.4 Å². The molecule has 0 aliphatic heterocycles. The average Bonchev–Trinajstić information content (AvgIpc) is 2.90. The molecule has 0 amide bonds. The molecule has 0 saturated heterocycles. The van der Waals surface area contributed by atoms with Crippen LogP contribution in [0.1, 0.15) is 31.9 Å². The second kappa shape index (κ2) is 8.66. The van der Waals surface area contributed by atoms with Gasteiger partial charge in [-0.3, -0.25) is 0 Å². The first-order valence-electron chi connectivity index (χ1n) is 12.5. The maximum absolute atomic E-state index is 13.2. The molecule has 0 saturated carbocycles. The summed E-state index contributed by atoms with van der Waals surface area (Å²) in [6.07, 6.45) is -2.78. The van der Waals surface area contributed by atoms with Crippen LogP contribution < -0.4 is 0 Å². The van der Waals surface area contributed by atoms with Crippen molar-refractivity contribution >= 4 is 32.3 Å². The fraction of sp³-hybridized carbons (Fsp3) is 0.152. The van der Waals surface area contributed by atoms with Crippen molar-refractivity contribution in [2.45, 2.75) is 32.4 Å². The number of nitrogens with zero attached hydrogens (tertiary/aromatic N) is 2. The van der Waals surface area contributed by atoms with E-state index in [9.17, 15) is 13.2 Å². The fourth-order valence-corrected chi connectivity index (χ4v) is 5.16. The minimum Gasteiger partial charge on any atom is -0.236 e. The lowest BCUT2D eigenvalue weighted by Gasteiger charge is -2.22. The van der Waals surface area contributed by atoms with Gasteiger partial charge in [0.25, 0.3) is 0 Å². The van der Waals surface area contributed by atoms with Crippen LogP contribution in [0.4, 0.5) is 13.2 Å². The van der Waals surface area contributed by atoms with Gasteiger partial charge in [-0.15, -0.1) is 0 Å². The first-order chi connectivity index (χ1) is 18.1. The lowest BCUT2D eigenvalue weighted by molar-refractivity contribution is -0.137. The van der Waals surface area contributed by atoms with Crippen molar-refractivity contribution in [1.29, 1.82) is 0 Å². The lowest BCUT2D eigenvalue weighted by atomic mass is 9.82. The van der Waals surface area contributed by atoms with Gasteiger partial charge in [-0.25, -0.2) is 9.97 Å². The van der Waals surface area contributed by atoms with Crippen molar-refractivity contribution in [3.63, 3.8) is 0 Å². The van der Waals surface area contributed by atoms with Gasteiger partial charge in [0.15, 0.2) is 0 Å². The van der Waals surface area contributed by atoms with Crippen molar-refractivity contribution in [1.82, 2.24) is 9.97 Å². The van der Waals surface area contributed by atoms with Crippen LogP contribution in [0.3, 0.4) is 0 Å². The summed E-state index contributed by atoms with van der Waals surface area (Å²) in [7, 11) is 0. The quantitative estimate of drug-likeness (QED) is 0.219. The van der Waals surface area contributed by atoms with Gasteiger partial charge in [-0.2, -0.15) is 13.2 Å². The number of halogens is 3. The first-order valence-corrected chi connectivity index (χ1v) is 12.5. The molecule has 0 fully saturated rings. The molecule has 6 aromatic rings. The van der Waals surface area contributed by atoms with Gasteiger partial charge in [0.05, 0.1) is 17.0 Å². The lowest BCUT2D eigenvalue weighted by Crippen LogP contribution is -2.12. The molecule has 188 valence electrons. The van der Waals surface area contributed by atoms with E-state index in [2.05, 4.69) is 61.1 Å². The molecule has 1 heterocycles. The minimum absolute atomic E-state index is 0.0343. The largest absolute Gasteiger partial charge is 0.416 e. The zero-order chi connectivity index (χ0) is 26.7. The molecule has 0 N–H and O–H groups in total. The highest BCUT2D eigenvalue weighted by atomic mass is 19.4. The number of rotatable bonds is 2. The topological polar surface area (TPSA) is 25.8 Å². The Labute approximate surface area is 218 Å². The molecular weight excluding hydrogens is 481 g/mol. The Hall–Kier alpha value is -4.25. The van der Waals surface area contributed by atoms with Crippen LogP contribution >= 0.6 is 0 Å². The Balaban J connectivity index is 1.44. The third-order valence-corrected chi connectivity index (χ3v) is 7.09. The molecule has 1 aromatic heterocycles. The summed E-state index contributed by atoms with van der Waals surface area (Å²) < 4.78 is 39.5. The second-order valence-electron chi connectivity index (χ2n) is 10.7. The molecular formula is C33H25F3N2.